The molecule has 148 valence electrons. The van der Waals surface area contributed by atoms with Gasteiger partial charge in [0.2, 0.25) is 0 Å². The fraction of sp³-hybridized carbons (Fsp3) is 0.650. The number of hydrogen-bond acceptors (Lipinski definition) is 6. The van der Waals surface area contributed by atoms with Gasteiger partial charge in [0.25, 0.3) is 0 Å². The van der Waals surface area contributed by atoms with Gasteiger partial charge in [0.05, 0.1) is 13.2 Å². The highest BCUT2D eigenvalue weighted by atomic mass is 16.5. The van der Waals surface area contributed by atoms with Gasteiger partial charge in [-0.05, 0) is 38.2 Å². The summed E-state index contributed by atoms with van der Waals surface area (Å²) in [6.45, 7) is 3.61. The molecule has 0 atom stereocenters. The number of aliphatic hydroxyl groups excluding tert-OH is 2. The minimum absolute atomic E-state index is 0.133. The van der Waals surface area contributed by atoms with Crippen LogP contribution in [-0.2, 0) is 25.6 Å². The Morgan fingerprint density at radius 2 is 1.46 bits per heavy atom. The number of hydrogen-bond donors (Lipinski definition) is 2. The zero-order valence-corrected chi connectivity index (χ0v) is 15.7. The molecule has 26 heavy (non-hydrogen) atoms. The molecule has 0 amide bonds. The molecule has 2 N–H and O–H groups in total. The Morgan fingerprint density at radius 3 is 1.96 bits per heavy atom. The maximum atomic E-state index is 12.6. The van der Waals surface area contributed by atoms with Crippen LogP contribution in [0.15, 0.2) is 30.3 Å². The molecule has 0 unspecified atom stereocenters. The minimum atomic E-state index is -0.896. The van der Waals surface area contributed by atoms with Crippen molar-refractivity contribution in [3.63, 3.8) is 0 Å². The van der Waals surface area contributed by atoms with Gasteiger partial charge in [0, 0.05) is 26.4 Å². The van der Waals surface area contributed by atoms with Crippen LogP contribution in [0.1, 0.15) is 38.2 Å². The molecule has 0 aliphatic heterocycles. The maximum absolute atomic E-state index is 12.6. The fourth-order valence-corrected chi connectivity index (χ4v) is 2.28. The van der Waals surface area contributed by atoms with Crippen LogP contribution < -0.4 is 0 Å². The molecular formula is C20H32O6. The van der Waals surface area contributed by atoms with E-state index in [-0.39, 0.29) is 39.0 Å². The molecule has 0 radical (unpaired) electrons. The average Bonchev–Trinajstić information content (AvgIpc) is 2.66. The second kappa shape index (κ2) is 13.7. The molecule has 0 aromatic heterocycles. The number of carbonyl (C=O) groups is 1. The van der Waals surface area contributed by atoms with Crippen molar-refractivity contribution in [1.82, 2.24) is 0 Å². The van der Waals surface area contributed by atoms with Crippen molar-refractivity contribution in [2.75, 3.05) is 39.6 Å². The second-order valence-corrected chi connectivity index (χ2v) is 6.59. The van der Waals surface area contributed by atoms with Crippen LogP contribution in [0.25, 0.3) is 0 Å². The Hall–Kier alpha value is -1.47. The van der Waals surface area contributed by atoms with Crippen molar-refractivity contribution in [2.45, 2.75) is 39.2 Å². The molecule has 0 bridgehead atoms. The van der Waals surface area contributed by atoms with Crippen LogP contribution >= 0.6 is 0 Å². The first-order valence-electron chi connectivity index (χ1n) is 9.21. The van der Waals surface area contributed by atoms with Crippen molar-refractivity contribution >= 4 is 5.97 Å². The first-order chi connectivity index (χ1) is 12.6. The largest absolute Gasteiger partial charge is 0.460 e. The highest BCUT2D eigenvalue weighted by Crippen LogP contribution is 2.21. The van der Waals surface area contributed by atoms with Crippen molar-refractivity contribution in [3.05, 3.63) is 35.9 Å². The van der Waals surface area contributed by atoms with E-state index in [0.717, 1.165) is 18.4 Å². The summed E-state index contributed by atoms with van der Waals surface area (Å²) < 4.78 is 16.7. The van der Waals surface area contributed by atoms with E-state index in [1.54, 1.807) is 6.92 Å². The summed E-state index contributed by atoms with van der Waals surface area (Å²) in [6, 6.07) is 9.52. The number of carbonyl (C=O) groups excluding carboxylic acids is 1. The minimum Gasteiger partial charge on any atom is -0.460 e. The van der Waals surface area contributed by atoms with Gasteiger partial charge in [-0.15, -0.1) is 0 Å². The molecule has 0 spiro atoms. The number of aliphatic hydroxyl groups is 2. The van der Waals surface area contributed by atoms with Gasteiger partial charge < -0.3 is 24.4 Å². The van der Waals surface area contributed by atoms with E-state index in [2.05, 4.69) is 0 Å². The monoisotopic (exact) mass is 368 g/mol. The number of rotatable bonds is 15. The first-order valence-corrected chi connectivity index (χ1v) is 9.21. The Morgan fingerprint density at radius 1 is 0.923 bits per heavy atom. The van der Waals surface area contributed by atoms with Crippen molar-refractivity contribution in [1.29, 1.82) is 0 Å². The third kappa shape index (κ3) is 9.29. The Kier molecular flexibility index (Phi) is 11.9. The van der Waals surface area contributed by atoms with E-state index >= 15 is 0 Å². The third-order valence-electron chi connectivity index (χ3n) is 3.94. The molecule has 0 aliphatic rings. The Labute approximate surface area is 156 Å². The number of unbranched alkanes of at least 4 members (excludes halogenated alkanes) is 2. The van der Waals surface area contributed by atoms with Crippen LogP contribution in [0.4, 0.5) is 0 Å². The van der Waals surface area contributed by atoms with Gasteiger partial charge in [0.1, 0.15) is 12.0 Å². The molecular weight excluding hydrogens is 336 g/mol. The zero-order chi connectivity index (χ0) is 19.1. The van der Waals surface area contributed by atoms with Crippen LogP contribution in [0.5, 0.6) is 0 Å². The van der Waals surface area contributed by atoms with E-state index in [1.165, 1.54) is 0 Å². The van der Waals surface area contributed by atoms with Gasteiger partial charge in [0.15, 0.2) is 0 Å². The fourth-order valence-electron chi connectivity index (χ4n) is 2.28. The molecule has 0 heterocycles. The van der Waals surface area contributed by atoms with Crippen LogP contribution in [0, 0.1) is 5.41 Å². The molecule has 0 saturated heterocycles. The lowest BCUT2D eigenvalue weighted by atomic mass is 9.93. The SMILES string of the molecule is CC(COCCCCO)(COCCCCO)C(=O)OCc1ccccc1. The number of benzene rings is 1. The van der Waals surface area contributed by atoms with E-state index in [1.807, 2.05) is 30.3 Å². The zero-order valence-electron chi connectivity index (χ0n) is 15.7. The number of esters is 1. The van der Waals surface area contributed by atoms with Crippen LogP contribution in [0.2, 0.25) is 0 Å². The summed E-state index contributed by atoms with van der Waals surface area (Å²) in [5.41, 5.74) is 0.0312. The summed E-state index contributed by atoms with van der Waals surface area (Å²) in [7, 11) is 0. The lowest BCUT2D eigenvalue weighted by Gasteiger charge is -2.27. The van der Waals surface area contributed by atoms with E-state index < -0.39 is 5.41 Å². The Bertz CT molecular complexity index is 462. The topological polar surface area (TPSA) is 85.2 Å². The van der Waals surface area contributed by atoms with E-state index in [0.29, 0.717) is 26.1 Å². The molecule has 6 nitrogen and oxygen atoms in total. The molecule has 0 aliphatic carbocycles. The molecule has 1 aromatic carbocycles. The quantitative estimate of drug-likeness (QED) is 0.365. The van der Waals surface area contributed by atoms with Crippen molar-refractivity contribution < 1.29 is 29.2 Å². The van der Waals surface area contributed by atoms with Crippen molar-refractivity contribution in [3.8, 4) is 0 Å². The molecule has 1 aromatic rings. The van der Waals surface area contributed by atoms with E-state index in [4.69, 9.17) is 24.4 Å². The Balaban J connectivity index is 2.51. The highest BCUT2D eigenvalue weighted by Gasteiger charge is 2.36. The van der Waals surface area contributed by atoms with Crippen LogP contribution in [0.3, 0.4) is 0 Å². The van der Waals surface area contributed by atoms with Gasteiger partial charge in [-0.3, -0.25) is 4.79 Å². The summed E-state index contributed by atoms with van der Waals surface area (Å²) in [4.78, 5) is 12.6. The smallest absolute Gasteiger partial charge is 0.316 e. The molecule has 1 rings (SSSR count). The number of ether oxygens (including phenoxy) is 3. The molecule has 6 heteroatoms. The average molecular weight is 368 g/mol. The maximum Gasteiger partial charge on any atom is 0.316 e. The van der Waals surface area contributed by atoms with Gasteiger partial charge >= 0.3 is 5.97 Å². The second-order valence-electron chi connectivity index (χ2n) is 6.59. The van der Waals surface area contributed by atoms with Gasteiger partial charge in [-0.2, -0.15) is 0 Å². The summed E-state index contributed by atoms with van der Waals surface area (Å²) in [5.74, 6) is -0.356. The first kappa shape index (κ1) is 22.6. The predicted molar refractivity (Wildman–Crippen MR) is 98.6 cm³/mol. The van der Waals surface area contributed by atoms with Gasteiger partial charge in [-0.1, -0.05) is 30.3 Å². The van der Waals surface area contributed by atoms with Crippen molar-refractivity contribution in [2.24, 2.45) is 5.41 Å². The normalized spacial score (nSPS) is 11.5. The highest BCUT2D eigenvalue weighted by molar-refractivity contribution is 5.76. The summed E-state index contributed by atoms with van der Waals surface area (Å²) in [6.07, 6.45) is 2.83. The standard InChI is InChI=1S/C20H32O6/c1-20(16-24-13-7-5-11-21,17-25-14-8-6-12-22)19(23)26-15-18-9-3-2-4-10-18/h2-4,9-10,21-22H,5-8,11-17H2,1H3. The third-order valence-corrected chi connectivity index (χ3v) is 3.94. The summed E-state index contributed by atoms with van der Waals surface area (Å²) >= 11 is 0. The van der Waals surface area contributed by atoms with Crippen LogP contribution in [-0.4, -0.2) is 55.8 Å². The van der Waals surface area contributed by atoms with Gasteiger partial charge in [-0.25, -0.2) is 0 Å². The van der Waals surface area contributed by atoms with E-state index in [9.17, 15) is 4.79 Å². The molecule has 0 saturated carbocycles. The lowest BCUT2D eigenvalue weighted by Crippen LogP contribution is -2.39. The lowest BCUT2D eigenvalue weighted by molar-refractivity contribution is -0.165. The molecule has 0 fully saturated rings. The summed E-state index contributed by atoms with van der Waals surface area (Å²) in [5, 5.41) is 17.6. The predicted octanol–water partition coefficient (Wildman–Crippen LogP) is 2.31.